The van der Waals surface area contributed by atoms with E-state index in [1.165, 1.54) is 5.69 Å². The molecule has 5 heteroatoms. The summed E-state index contributed by atoms with van der Waals surface area (Å²) in [5.41, 5.74) is 2.30. The Morgan fingerprint density at radius 2 is 1.96 bits per heavy atom. The van der Waals surface area contributed by atoms with Gasteiger partial charge in [0.1, 0.15) is 0 Å². The monoisotopic (exact) mass is 329 g/mol. The molecule has 1 aromatic rings. The summed E-state index contributed by atoms with van der Waals surface area (Å²) in [5, 5.41) is 12.8. The fourth-order valence-electron chi connectivity index (χ4n) is 3.49. The van der Waals surface area contributed by atoms with Gasteiger partial charge in [0, 0.05) is 44.8 Å². The van der Waals surface area contributed by atoms with Crippen LogP contribution in [-0.2, 0) is 6.54 Å². The zero-order chi connectivity index (χ0) is 16.9. The minimum atomic E-state index is -0.257. The molecule has 0 aromatic heterocycles. The van der Waals surface area contributed by atoms with Crippen molar-refractivity contribution in [1.82, 2.24) is 10.2 Å². The van der Waals surface area contributed by atoms with Crippen molar-refractivity contribution in [3.8, 4) is 0 Å². The number of hydrogen-bond donors (Lipinski definition) is 2. The van der Waals surface area contributed by atoms with Crippen molar-refractivity contribution < 1.29 is 9.90 Å². The molecule has 2 N–H and O–H groups in total. The van der Waals surface area contributed by atoms with Crippen LogP contribution < -0.4 is 10.2 Å². The lowest BCUT2D eigenvalue weighted by atomic mass is 10.1. The quantitative estimate of drug-likeness (QED) is 0.816. The normalized spacial score (nSPS) is 22.8. The molecule has 1 saturated carbocycles. The highest BCUT2D eigenvalue weighted by Gasteiger charge is 2.27. The highest BCUT2D eigenvalue weighted by Crippen LogP contribution is 2.26. The topological polar surface area (TPSA) is 55.8 Å². The molecule has 3 rings (SSSR count). The minimum absolute atomic E-state index is 0.0816. The Kier molecular flexibility index (Phi) is 5.41. The molecular formula is C19H27N3O2. The van der Waals surface area contributed by atoms with Crippen LogP contribution in [0.25, 0.3) is 0 Å². The van der Waals surface area contributed by atoms with E-state index >= 15 is 0 Å². The maximum Gasteiger partial charge on any atom is 0.317 e. The smallest absolute Gasteiger partial charge is 0.317 e. The Labute approximate surface area is 143 Å². The van der Waals surface area contributed by atoms with Gasteiger partial charge in [-0.15, -0.1) is 0 Å². The van der Waals surface area contributed by atoms with E-state index in [9.17, 15) is 9.90 Å². The molecule has 2 aliphatic rings. The molecular weight excluding hydrogens is 302 g/mol. The number of carbonyl (C=O) groups is 1. The van der Waals surface area contributed by atoms with Crippen molar-refractivity contribution in [3.05, 3.63) is 42.0 Å². The Morgan fingerprint density at radius 1 is 1.25 bits per heavy atom. The van der Waals surface area contributed by atoms with Gasteiger partial charge in [0.25, 0.3) is 0 Å². The molecule has 0 saturated heterocycles. The van der Waals surface area contributed by atoms with Gasteiger partial charge in [-0.05, 0) is 30.5 Å². The second-order valence-electron chi connectivity index (χ2n) is 6.84. The van der Waals surface area contributed by atoms with Crippen LogP contribution in [0.2, 0.25) is 0 Å². The maximum atomic E-state index is 12.2. The van der Waals surface area contributed by atoms with Crippen LogP contribution in [0.4, 0.5) is 10.5 Å². The first-order valence-electron chi connectivity index (χ1n) is 8.79. The van der Waals surface area contributed by atoms with E-state index in [1.807, 2.05) is 0 Å². The standard InChI is InChI=1S/C19H27N3O2/c1-21(14-16-5-4-6-18(16)23)19(24)20-13-15-7-9-17(10-8-15)22-11-2-3-12-22/h2-3,7-10,16,18,23H,4-6,11-14H2,1H3,(H,20,24). The molecule has 1 aliphatic heterocycles. The predicted octanol–water partition coefficient (Wildman–Crippen LogP) is 2.37. The SMILES string of the molecule is CN(CC1CCCC1O)C(=O)NCc1ccc(N2CC=CC2)cc1. The van der Waals surface area contributed by atoms with Crippen molar-refractivity contribution in [2.45, 2.75) is 31.9 Å². The number of aliphatic hydroxyl groups excluding tert-OH is 1. The lowest BCUT2D eigenvalue weighted by Crippen LogP contribution is -2.40. The van der Waals surface area contributed by atoms with Crippen molar-refractivity contribution >= 4 is 11.7 Å². The van der Waals surface area contributed by atoms with Crippen LogP contribution in [0.3, 0.4) is 0 Å². The number of amides is 2. The fraction of sp³-hybridized carbons (Fsp3) is 0.526. The Morgan fingerprint density at radius 3 is 2.58 bits per heavy atom. The molecule has 130 valence electrons. The zero-order valence-electron chi connectivity index (χ0n) is 14.3. The summed E-state index contributed by atoms with van der Waals surface area (Å²) in [6, 6.07) is 8.26. The van der Waals surface area contributed by atoms with Crippen molar-refractivity contribution in [2.24, 2.45) is 5.92 Å². The first kappa shape index (κ1) is 16.8. The fourth-order valence-corrected chi connectivity index (χ4v) is 3.49. The average molecular weight is 329 g/mol. The summed E-state index contributed by atoms with van der Waals surface area (Å²) in [6.45, 7) is 3.07. The van der Waals surface area contributed by atoms with Gasteiger partial charge in [0.2, 0.25) is 0 Å². The molecule has 0 bridgehead atoms. The molecule has 1 fully saturated rings. The number of aliphatic hydroxyl groups is 1. The van der Waals surface area contributed by atoms with E-state index in [-0.39, 0.29) is 18.1 Å². The third kappa shape index (κ3) is 4.09. The lowest BCUT2D eigenvalue weighted by Gasteiger charge is -2.23. The van der Waals surface area contributed by atoms with Gasteiger partial charge in [0.15, 0.2) is 0 Å². The largest absolute Gasteiger partial charge is 0.393 e. The highest BCUT2D eigenvalue weighted by molar-refractivity contribution is 5.73. The van der Waals surface area contributed by atoms with Gasteiger partial charge in [0.05, 0.1) is 6.10 Å². The summed E-state index contributed by atoms with van der Waals surface area (Å²) >= 11 is 0. The van der Waals surface area contributed by atoms with Crippen LogP contribution in [0.15, 0.2) is 36.4 Å². The van der Waals surface area contributed by atoms with Crippen molar-refractivity contribution in [1.29, 1.82) is 0 Å². The number of carbonyl (C=O) groups excluding carboxylic acids is 1. The van der Waals surface area contributed by atoms with E-state index in [2.05, 4.69) is 46.6 Å². The lowest BCUT2D eigenvalue weighted by molar-refractivity contribution is 0.114. The van der Waals surface area contributed by atoms with Gasteiger partial charge in [-0.25, -0.2) is 4.79 Å². The number of rotatable bonds is 5. The number of benzene rings is 1. The molecule has 2 unspecified atom stereocenters. The van der Waals surface area contributed by atoms with Gasteiger partial charge in [-0.2, -0.15) is 0 Å². The van der Waals surface area contributed by atoms with Gasteiger partial charge in [-0.1, -0.05) is 30.7 Å². The van der Waals surface area contributed by atoms with Crippen molar-refractivity contribution in [3.63, 3.8) is 0 Å². The number of hydrogen-bond acceptors (Lipinski definition) is 3. The Hall–Kier alpha value is -2.01. The number of nitrogens with one attached hydrogen (secondary N) is 1. The average Bonchev–Trinajstić information content (AvgIpc) is 3.26. The summed E-state index contributed by atoms with van der Waals surface area (Å²) in [7, 11) is 1.80. The molecule has 0 spiro atoms. The number of urea groups is 1. The third-order valence-electron chi connectivity index (χ3n) is 5.04. The molecule has 5 nitrogen and oxygen atoms in total. The van der Waals surface area contributed by atoms with Gasteiger partial charge < -0.3 is 20.2 Å². The molecule has 1 aliphatic carbocycles. The zero-order valence-corrected chi connectivity index (χ0v) is 14.3. The Bertz CT molecular complexity index is 577. The maximum absolute atomic E-state index is 12.2. The predicted molar refractivity (Wildman–Crippen MR) is 96.0 cm³/mol. The molecule has 0 radical (unpaired) electrons. The van der Waals surface area contributed by atoms with Crippen LogP contribution in [0.5, 0.6) is 0 Å². The third-order valence-corrected chi connectivity index (χ3v) is 5.04. The number of anilines is 1. The Balaban J connectivity index is 1.45. The summed E-state index contributed by atoms with van der Waals surface area (Å²) in [4.78, 5) is 16.2. The van der Waals surface area contributed by atoms with Gasteiger partial charge >= 0.3 is 6.03 Å². The minimum Gasteiger partial charge on any atom is -0.393 e. The second-order valence-corrected chi connectivity index (χ2v) is 6.84. The molecule has 2 atom stereocenters. The van der Waals surface area contributed by atoms with Gasteiger partial charge in [-0.3, -0.25) is 0 Å². The van der Waals surface area contributed by atoms with Crippen LogP contribution in [0.1, 0.15) is 24.8 Å². The first-order valence-corrected chi connectivity index (χ1v) is 8.79. The molecule has 2 amide bonds. The summed E-state index contributed by atoms with van der Waals surface area (Å²) < 4.78 is 0. The van der Waals surface area contributed by atoms with Crippen molar-refractivity contribution in [2.75, 3.05) is 31.6 Å². The molecule has 1 heterocycles. The van der Waals surface area contributed by atoms with E-state index in [4.69, 9.17) is 0 Å². The highest BCUT2D eigenvalue weighted by atomic mass is 16.3. The van der Waals surface area contributed by atoms with Crippen LogP contribution >= 0.6 is 0 Å². The second kappa shape index (κ2) is 7.71. The molecule has 1 aromatic carbocycles. The van der Waals surface area contributed by atoms with E-state index in [0.29, 0.717) is 13.1 Å². The van der Waals surface area contributed by atoms with Crippen LogP contribution in [0, 0.1) is 5.92 Å². The van der Waals surface area contributed by atoms with Crippen LogP contribution in [-0.4, -0.2) is 48.8 Å². The summed E-state index contributed by atoms with van der Waals surface area (Å²) in [5.74, 6) is 0.217. The summed E-state index contributed by atoms with van der Waals surface area (Å²) in [6.07, 6.45) is 7.01. The van der Waals surface area contributed by atoms with E-state index in [0.717, 1.165) is 37.9 Å². The number of nitrogens with zero attached hydrogens (tertiary/aromatic N) is 2. The first-order chi connectivity index (χ1) is 11.6. The van der Waals surface area contributed by atoms with E-state index < -0.39 is 0 Å². The van der Waals surface area contributed by atoms with E-state index in [1.54, 1.807) is 11.9 Å². The molecule has 24 heavy (non-hydrogen) atoms.